The number of carbonyl (C=O) groups is 2. The summed E-state index contributed by atoms with van der Waals surface area (Å²) in [6.07, 6.45) is 1.36. The van der Waals surface area contributed by atoms with Crippen LogP contribution in [0.15, 0.2) is 22.8 Å². The van der Waals surface area contributed by atoms with Gasteiger partial charge in [-0.1, -0.05) is 0 Å². The van der Waals surface area contributed by atoms with Crippen molar-refractivity contribution in [2.75, 3.05) is 6.54 Å². The average molecular weight is 167 g/mol. The highest BCUT2D eigenvalue weighted by Crippen LogP contribution is 1.98. The van der Waals surface area contributed by atoms with E-state index >= 15 is 0 Å². The van der Waals surface area contributed by atoms with Crippen molar-refractivity contribution in [1.29, 1.82) is 0 Å². The molecule has 0 aliphatic rings. The Labute approximate surface area is 68.5 Å². The number of rotatable bonds is 3. The third kappa shape index (κ3) is 2.12. The first-order valence-electron chi connectivity index (χ1n) is 3.26. The quantitative estimate of drug-likeness (QED) is 0.677. The molecule has 1 heterocycles. The molecule has 1 aromatic heterocycles. The summed E-state index contributed by atoms with van der Waals surface area (Å²) in [4.78, 5) is 21.1. The zero-order valence-electron chi connectivity index (χ0n) is 6.16. The Morgan fingerprint density at radius 3 is 2.83 bits per heavy atom. The zero-order valence-corrected chi connectivity index (χ0v) is 6.16. The Morgan fingerprint density at radius 1 is 1.58 bits per heavy atom. The van der Waals surface area contributed by atoms with Gasteiger partial charge in [-0.15, -0.1) is 0 Å². The molecule has 0 unspecified atom stereocenters. The molecule has 1 aromatic rings. The summed E-state index contributed by atoms with van der Waals surface area (Å²) in [5, 5.41) is 2.21. The molecule has 0 saturated heterocycles. The molecule has 0 aromatic carbocycles. The van der Waals surface area contributed by atoms with Crippen LogP contribution < -0.4 is 11.1 Å². The lowest BCUT2D eigenvalue weighted by atomic mass is 10.4. The molecule has 1 radical (unpaired) electrons. The maximum Gasteiger partial charge on any atom is 0.287 e. The minimum absolute atomic E-state index is 0.135. The first kappa shape index (κ1) is 8.32. The van der Waals surface area contributed by atoms with Crippen molar-refractivity contribution in [1.82, 2.24) is 11.1 Å². The number of furan rings is 1. The third-order valence-electron chi connectivity index (χ3n) is 1.15. The van der Waals surface area contributed by atoms with E-state index in [0.717, 1.165) is 0 Å². The van der Waals surface area contributed by atoms with Crippen molar-refractivity contribution in [3.63, 3.8) is 0 Å². The Balaban J connectivity index is 2.45. The van der Waals surface area contributed by atoms with E-state index in [-0.39, 0.29) is 12.3 Å². The van der Waals surface area contributed by atoms with Crippen LogP contribution in [-0.2, 0) is 4.79 Å². The fourth-order valence-electron chi connectivity index (χ4n) is 0.655. The van der Waals surface area contributed by atoms with E-state index in [9.17, 15) is 9.59 Å². The van der Waals surface area contributed by atoms with Crippen LogP contribution in [0.3, 0.4) is 0 Å². The Kier molecular flexibility index (Phi) is 2.47. The van der Waals surface area contributed by atoms with Gasteiger partial charge >= 0.3 is 0 Å². The first-order valence-corrected chi connectivity index (χ1v) is 3.26. The van der Waals surface area contributed by atoms with Crippen molar-refractivity contribution in [3.05, 3.63) is 24.2 Å². The van der Waals surface area contributed by atoms with Gasteiger partial charge in [0.25, 0.3) is 11.8 Å². The number of carbonyl (C=O) groups excluding carboxylic acids is 2. The van der Waals surface area contributed by atoms with E-state index in [1.807, 2.05) is 0 Å². The Hall–Kier alpha value is -1.78. The molecule has 1 rings (SSSR count). The highest BCUT2D eigenvalue weighted by Gasteiger charge is 2.07. The largest absolute Gasteiger partial charge is 0.459 e. The maximum absolute atomic E-state index is 11.0. The molecule has 0 fully saturated rings. The second kappa shape index (κ2) is 3.56. The highest BCUT2D eigenvalue weighted by atomic mass is 16.3. The lowest BCUT2D eigenvalue weighted by Gasteiger charge is -1.96. The lowest BCUT2D eigenvalue weighted by molar-refractivity contribution is -0.117. The molecule has 0 atom stereocenters. The number of hydrogen-bond acceptors (Lipinski definition) is 3. The predicted octanol–water partition coefficient (Wildman–Crippen LogP) is -0.181. The van der Waals surface area contributed by atoms with Gasteiger partial charge in [-0.2, -0.15) is 0 Å². The van der Waals surface area contributed by atoms with Crippen molar-refractivity contribution in [2.24, 2.45) is 0 Å². The van der Waals surface area contributed by atoms with Gasteiger partial charge in [0.05, 0.1) is 12.8 Å². The normalized spacial score (nSPS) is 9.33. The number of amides is 2. The summed E-state index contributed by atoms with van der Waals surface area (Å²) in [5.41, 5.74) is 6.51. The second-order valence-electron chi connectivity index (χ2n) is 2.08. The molecular weight excluding hydrogens is 160 g/mol. The van der Waals surface area contributed by atoms with Crippen LogP contribution in [0.2, 0.25) is 0 Å². The average Bonchev–Trinajstić information content (AvgIpc) is 2.51. The molecule has 63 valence electrons. The van der Waals surface area contributed by atoms with E-state index in [2.05, 4.69) is 5.32 Å². The summed E-state index contributed by atoms with van der Waals surface area (Å²) in [6.45, 7) is -0.292. The van der Waals surface area contributed by atoms with Gasteiger partial charge in [0.2, 0.25) is 0 Å². The maximum atomic E-state index is 11.0. The highest BCUT2D eigenvalue weighted by molar-refractivity contribution is 5.93. The van der Waals surface area contributed by atoms with E-state index in [1.165, 1.54) is 12.3 Å². The van der Waals surface area contributed by atoms with Crippen LogP contribution in [0.5, 0.6) is 0 Å². The Morgan fingerprint density at radius 2 is 2.33 bits per heavy atom. The molecule has 2 amide bonds. The Bertz CT molecular complexity index is 279. The van der Waals surface area contributed by atoms with Gasteiger partial charge in [-0.3, -0.25) is 15.3 Å². The molecule has 0 aliphatic heterocycles. The molecule has 12 heavy (non-hydrogen) atoms. The van der Waals surface area contributed by atoms with Gasteiger partial charge in [-0.25, -0.2) is 0 Å². The second-order valence-corrected chi connectivity index (χ2v) is 2.08. The SMILES string of the molecule is [NH]C(=O)CNC(=O)c1ccco1. The first-order chi connectivity index (χ1) is 5.70. The van der Waals surface area contributed by atoms with E-state index in [1.54, 1.807) is 6.07 Å². The van der Waals surface area contributed by atoms with E-state index < -0.39 is 11.8 Å². The molecule has 0 saturated carbocycles. The van der Waals surface area contributed by atoms with E-state index in [4.69, 9.17) is 10.2 Å². The van der Waals surface area contributed by atoms with Crippen molar-refractivity contribution in [3.8, 4) is 0 Å². The van der Waals surface area contributed by atoms with Gasteiger partial charge in [0, 0.05) is 0 Å². The molecule has 5 heteroatoms. The topological polar surface area (TPSA) is 83.1 Å². The van der Waals surface area contributed by atoms with Crippen molar-refractivity contribution in [2.45, 2.75) is 0 Å². The monoisotopic (exact) mass is 167 g/mol. The molecule has 0 aliphatic carbocycles. The van der Waals surface area contributed by atoms with Crippen LogP contribution in [0.1, 0.15) is 10.6 Å². The van der Waals surface area contributed by atoms with Gasteiger partial charge in [-0.05, 0) is 12.1 Å². The zero-order chi connectivity index (χ0) is 8.97. The number of nitrogens with one attached hydrogen (secondary N) is 2. The standard InChI is InChI=1S/C7H7N2O3/c8-6(10)4-9-7(11)5-2-1-3-12-5/h1-3,8H,4H2,(H,9,11). The molecule has 0 spiro atoms. The third-order valence-corrected chi connectivity index (χ3v) is 1.15. The minimum atomic E-state index is -0.838. The van der Waals surface area contributed by atoms with E-state index in [0.29, 0.717) is 0 Å². The van der Waals surface area contributed by atoms with Gasteiger partial charge in [0.1, 0.15) is 0 Å². The smallest absolute Gasteiger partial charge is 0.287 e. The van der Waals surface area contributed by atoms with Crippen LogP contribution in [0.4, 0.5) is 0 Å². The fraction of sp³-hybridized carbons (Fsp3) is 0.143. The minimum Gasteiger partial charge on any atom is -0.459 e. The molecular formula is C7H7N2O3. The van der Waals surface area contributed by atoms with Gasteiger partial charge in [0.15, 0.2) is 5.76 Å². The predicted molar refractivity (Wildman–Crippen MR) is 39.1 cm³/mol. The molecule has 0 bridgehead atoms. The summed E-state index contributed by atoms with van der Waals surface area (Å²) in [6, 6.07) is 3.04. The summed E-state index contributed by atoms with van der Waals surface area (Å²) < 4.78 is 4.74. The summed E-state index contributed by atoms with van der Waals surface area (Å²) in [5.74, 6) is -1.19. The summed E-state index contributed by atoms with van der Waals surface area (Å²) in [7, 11) is 0. The van der Waals surface area contributed by atoms with Crippen molar-refractivity contribution >= 4 is 11.8 Å². The van der Waals surface area contributed by atoms with Crippen LogP contribution in [0.25, 0.3) is 0 Å². The number of hydrogen-bond donors (Lipinski definition) is 1. The summed E-state index contributed by atoms with van der Waals surface area (Å²) >= 11 is 0. The van der Waals surface area contributed by atoms with Crippen LogP contribution in [-0.4, -0.2) is 18.4 Å². The molecule has 5 nitrogen and oxygen atoms in total. The lowest BCUT2D eigenvalue weighted by Crippen LogP contribution is -2.29. The molecule has 2 N–H and O–H groups in total. The fourth-order valence-corrected chi connectivity index (χ4v) is 0.655. The van der Waals surface area contributed by atoms with Gasteiger partial charge < -0.3 is 9.73 Å². The van der Waals surface area contributed by atoms with Crippen LogP contribution >= 0.6 is 0 Å². The van der Waals surface area contributed by atoms with Crippen LogP contribution in [0, 0.1) is 0 Å². The van der Waals surface area contributed by atoms with Crippen molar-refractivity contribution < 1.29 is 14.0 Å².